The highest BCUT2D eigenvalue weighted by Gasteiger charge is 2.14. The van der Waals surface area contributed by atoms with Gasteiger partial charge >= 0.3 is 0 Å². The number of hydroxylamine groups is 1. The highest BCUT2D eigenvalue weighted by Crippen LogP contribution is 2.35. The molecule has 3 aromatic carbocycles. The van der Waals surface area contributed by atoms with E-state index in [1.165, 1.54) is 6.08 Å². The van der Waals surface area contributed by atoms with Crippen molar-refractivity contribution in [2.45, 2.75) is 6.54 Å². The van der Waals surface area contributed by atoms with Crippen LogP contribution in [0.1, 0.15) is 11.1 Å². The first kappa shape index (κ1) is 22.2. The van der Waals surface area contributed by atoms with Crippen LogP contribution in [-0.2, 0) is 11.3 Å². The van der Waals surface area contributed by atoms with Crippen molar-refractivity contribution >= 4 is 39.6 Å². The van der Waals surface area contributed by atoms with E-state index in [1.807, 2.05) is 60.7 Å². The maximum absolute atomic E-state index is 11.2. The fourth-order valence-electron chi connectivity index (χ4n) is 4.06. The molecule has 2 heterocycles. The molecule has 7 heteroatoms. The van der Waals surface area contributed by atoms with Crippen molar-refractivity contribution in [3.63, 3.8) is 0 Å². The van der Waals surface area contributed by atoms with Gasteiger partial charge in [-0.15, -0.1) is 0 Å². The predicted octanol–water partition coefficient (Wildman–Crippen LogP) is 5.52. The molecule has 4 N–H and O–H groups in total. The van der Waals surface area contributed by atoms with Crippen LogP contribution in [0.3, 0.4) is 0 Å². The predicted molar refractivity (Wildman–Crippen MR) is 138 cm³/mol. The Balaban J connectivity index is 1.48. The SMILES string of the molecule is COc1cccc(-c2nc(NCc3ccc(/C=C/C(=O)NO)cc3)cc3c2[nH]c2ccccc23)c1. The first-order chi connectivity index (χ1) is 17.1. The van der Waals surface area contributed by atoms with Crippen molar-refractivity contribution in [2.75, 3.05) is 12.4 Å². The number of ether oxygens (including phenoxy) is 1. The third-order valence-corrected chi connectivity index (χ3v) is 5.83. The van der Waals surface area contributed by atoms with E-state index < -0.39 is 5.91 Å². The van der Waals surface area contributed by atoms with Crippen LogP contribution in [0.25, 0.3) is 39.1 Å². The number of hydrogen-bond donors (Lipinski definition) is 4. The van der Waals surface area contributed by atoms with Gasteiger partial charge in [0.15, 0.2) is 0 Å². The molecule has 0 aliphatic heterocycles. The van der Waals surface area contributed by atoms with E-state index in [-0.39, 0.29) is 0 Å². The van der Waals surface area contributed by atoms with Gasteiger partial charge in [0, 0.05) is 34.5 Å². The molecule has 0 atom stereocenters. The molecule has 0 fully saturated rings. The van der Waals surface area contributed by atoms with Crippen molar-refractivity contribution in [2.24, 2.45) is 0 Å². The summed E-state index contributed by atoms with van der Waals surface area (Å²) in [4.78, 5) is 19.6. The summed E-state index contributed by atoms with van der Waals surface area (Å²) in [6.45, 7) is 0.583. The minimum atomic E-state index is -0.568. The summed E-state index contributed by atoms with van der Waals surface area (Å²) in [6.07, 6.45) is 2.91. The summed E-state index contributed by atoms with van der Waals surface area (Å²) in [5.41, 5.74) is 7.36. The molecular formula is C28H24N4O3. The molecule has 5 rings (SSSR count). The van der Waals surface area contributed by atoms with Crippen LogP contribution in [-0.4, -0.2) is 28.2 Å². The van der Waals surface area contributed by atoms with E-state index in [0.717, 1.165) is 55.8 Å². The molecule has 0 saturated carbocycles. The molecule has 0 bridgehead atoms. The van der Waals surface area contributed by atoms with Gasteiger partial charge in [0.2, 0.25) is 0 Å². The van der Waals surface area contributed by atoms with Crippen LogP contribution >= 0.6 is 0 Å². The number of carbonyl (C=O) groups is 1. The molecule has 174 valence electrons. The van der Waals surface area contributed by atoms with Crippen molar-refractivity contribution < 1.29 is 14.7 Å². The number of fused-ring (bicyclic) bond motifs is 3. The fraction of sp³-hybridized carbons (Fsp3) is 0.0714. The van der Waals surface area contributed by atoms with Gasteiger partial charge in [0.05, 0.1) is 18.3 Å². The van der Waals surface area contributed by atoms with Crippen LogP contribution in [0.2, 0.25) is 0 Å². The van der Waals surface area contributed by atoms with Gasteiger partial charge in [-0.3, -0.25) is 10.0 Å². The van der Waals surface area contributed by atoms with Gasteiger partial charge in [-0.1, -0.05) is 54.6 Å². The Labute approximate surface area is 202 Å². The van der Waals surface area contributed by atoms with Gasteiger partial charge in [0.1, 0.15) is 11.6 Å². The minimum Gasteiger partial charge on any atom is -0.497 e. The fourth-order valence-corrected chi connectivity index (χ4v) is 4.06. The van der Waals surface area contributed by atoms with Gasteiger partial charge in [0.25, 0.3) is 5.91 Å². The summed E-state index contributed by atoms with van der Waals surface area (Å²) in [5, 5.41) is 14.3. The number of benzene rings is 3. The summed E-state index contributed by atoms with van der Waals surface area (Å²) >= 11 is 0. The molecule has 0 radical (unpaired) electrons. The average Bonchev–Trinajstić information content (AvgIpc) is 3.29. The number of nitrogens with one attached hydrogen (secondary N) is 3. The third-order valence-electron chi connectivity index (χ3n) is 5.83. The van der Waals surface area contributed by atoms with E-state index in [2.05, 4.69) is 28.5 Å². The van der Waals surface area contributed by atoms with Gasteiger partial charge in [-0.2, -0.15) is 0 Å². The van der Waals surface area contributed by atoms with Gasteiger partial charge < -0.3 is 15.0 Å². The molecule has 1 amide bonds. The maximum Gasteiger partial charge on any atom is 0.267 e. The molecule has 0 spiro atoms. The number of methoxy groups -OCH3 is 1. The van der Waals surface area contributed by atoms with Crippen molar-refractivity contribution in [3.05, 3.63) is 96.1 Å². The number of rotatable bonds is 7. The Bertz CT molecular complexity index is 1540. The minimum absolute atomic E-state index is 0.568. The zero-order valence-corrected chi connectivity index (χ0v) is 19.1. The number of hydrogen-bond acceptors (Lipinski definition) is 5. The zero-order chi connectivity index (χ0) is 24.2. The van der Waals surface area contributed by atoms with Crippen LogP contribution < -0.4 is 15.5 Å². The average molecular weight is 465 g/mol. The number of amides is 1. The summed E-state index contributed by atoms with van der Waals surface area (Å²) < 4.78 is 5.44. The van der Waals surface area contributed by atoms with E-state index in [4.69, 9.17) is 14.9 Å². The molecule has 0 aliphatic rings. The summed E-state index contributed by atoms with van der Waals surface area (Å²) in [5.74, 6) is 0.975. The molecule has 5 aromatic rings. The Kier molecular flexibility index (Phi) is 6.15. The Morgan fingerprint density at radius 3 is 2.66 bits per heavy atom. The normalized spacial score (nSPS) is 11.3. The lowest BCUT2D eigenvalue weighted by atomic mass is 10.1. The number of para-hydroxylation sites is 1. The monoisotopic (exact) mass is 464 g/mol. The van der Waals surface area contributed by atoms with Crippen molar-refractivity contribution in [1.82, 2.24) is 15.4 Å². The second-order valence-electron chi connectivity index (χ2n) is 8.09. The number of H-pyrrole nitrogens is 1. The van der Waals surface area contributed by atoms with Crippen LogP contribution in [0.5, 0.6) is 5.75 Å². The molecule has 7 nitrogen and oxygen atoms in total. The number of aromatic amines is 1. The van der Waals surface area contributed by atoms with Crippen LogP contribution in [0, 0.1) is 0 Å². The van der Waals surface area contributed by atoms with Gasteiger partial charge in [-0.05, 0) is 41.5 Å². The number of aromatic nitrogens is 2. The van der Waals surface area contributed by atoms with Crippen molar-refractivity contribution in [1.29, 1.82) is 0 Å². The highest BCUT2D eigenvalue weighted by atomic mass is 16.5. The highest BCUT2D eigenvalue weighted by molar-refractivity contribution is 6.12. The summed E-state index contributed by atoms with van der Waals surface area (Å²) in [7, 11) is 1.66. The van der Waals surface area contributed by atoms with E-state index in [9.17, 15) is 4.79 Å². The molecule has 0 saturated heterocycles. The molecule has 2 aromatic heterocycles. The Morgan fingerprint density at radius 1 is 1.03 bits per heavy atom. The number of carbonyl (C=O) groups excluding carboxylic acids is 1. The number of anilines is 1. The van der Waals surface area contributed by atoms with Crippen LogP contribution in [0.15, 0.2) is 84.9 Å². The van der Waals surface area contributed by atoms with E-state index in [1.54, 1.807) is 18.7 Å². The summed E-state index contributed by atoms with van der Waals surface area (Å²) in [6, 6.07) is 26.0. The van der Waals surface area contributed by atoms with E-state index in [0.29, 0.717) is 6.54 Å². The number of pyridine rings is 1. The van der Waals surface area contributed by atoms with Crippen LogP contribution in [0.4, 0.5) is 5.82 Å². The third kappa shape index (κ3) is 4.71. The largest absolute Gasteiger partial charge is 0.497 e. The smallest absolute Gasteiger partial charge is 0.267 e. The second-order valence-corrected chi connectivity index (χ2v) is 8.09. The molecule has 35 heavy (non-hydrogen) atoms. The quantitative estimate of drug-likeness (QED) is 0.144. The lowest BCUT2D eigenvalue weighted by Gasteiger charge is -2.11. The van der Waals surface area contributed by atoms with E-state index >= 15 is 0 Å². The maximum atomic E-state index is 11.2. The Hall–Kier alpha value is -4.62. The lowest BCUT2D eigenvalue weighted by molar-refractivity contribution is -0.124. The standard InChI is InChI=1S/C28H24N4O3/c1-35-21-6-4-5-20(15-21)27-28-23(22-7-2-3-8-24(22)30-28)16-25(31-27)29-17-19-11-9-18(10-12-19)13-14-26(33)32-34/h2-16,30,34H,17H2,1H3,(H,29,31)(H,32,33)/b14-13+. The van der Waals surface area contributed by atoms with Crippen molar-refractivity contribution in [3.8, 4) is 17.0 Å². The first-order valence-electron chi connectivity index (χ1n) is 11.2. The molecule has 0 aliphatic carbocycles. The second kappa shape index (κ2) is 9.70. The first-order valence-corrected chi connectivity index (χ1v) is 11.2. The lowest BCUT2D eigenvalue weighted by Crippen LogP contribution is -2.14. The van der Waals surface area contributed by atoms with Gasteiger partial charge in [-0.25, -0.2) is 10.5 Å². The molecule has 0 unspecified atom stereocenters. The Morgan fingerprint density at radius 2 is 1.86 bits per heavy atom. The number of nitrogens with zero attached hydrogens (tertiary/aromatic N) is 1. The topological polar surface area (TPSA) is 99.3 Å². The zero-order valence-electron chi connectivity index (χ0n) is 19.1. The molecular weight excluding hydrogens is 440 g/mol.